The number of carbonyl (C=O) groups is 3. The number of nitrogens with zero attached hydrogens (tertiary/aromatic N) is 2. The molecule has 0 bridgehead atoms. The molecule has 10 heteroatoms. The van der Waals surface area contributed by atoms with Gasteiger partial charge in [0.1, 0.15) is 13.2 Å². The maximum atomic E-state index is 11.1. The number of carboxylic acid groups (broad SMARTS) is 1. The monoisotopic (exact) mass is 258 g/mol. The Labute approximate surface area is 100 Å². The highest BCUT2D eigenvalue weighted by Crippen LogP contribution is 1.86. The number of carboxylic acids is 1. The lowest BCUT2D eigenvalue weighted by Gasteiger charge is -2.04. The first-order chi connectivity index (χ1) is 8.58. The highest BCUT2D eigenvalue weighted by atomic mass is 16.5. The molecule has 0 atom stereocenters. The van der Waals surface area contributed by atoms with Gasteiger partial charge in [-0.15, -0.1) is 0 Å². The molecule has 10 nitrogen and oxygen atoms in total. The molecule has 3 amide bonds. The number of rotatable bonds is 6. The Hall–Kier alpha value is -2.49. The molecule has 0 radical (unpaired) electrons. The van der Waals surface area contributed by atoms with Gasteiger partial charge in [0.25, 0.3) is 5.91 Å². The van der Waals surface area contributed by atoms with E-state index in [2.05, 4.69) is 24.7 Å². The van der Waals surface area contributed by atoms with Crippen LogP contribution in [0.2, 0.25) is 0 Å². The van der Waals surface area contributed by atoms with Crippen molar-refractivity contribution in [1.82, 2.24) is 20.8 Å². The first kappa shape index (κ1) is 13.6. The number of aromatic nitrogens is 2. The van der Waals surface area contributed by atoms with Crippen LogP contribution >= 0.6 is 0 Å². The molecular weight excluding hydrogens is 248 g/mol. The van der Waals surface area contributed by atoms with Crippen molar-refractivity contribution >= 4 is 17.9 Å². The van der Waals surface area contributed by atoms with Crippen LogP contribution in [0, 0.1) is 0 Å². The Kier molecular flexibility index (Phi) is 5.25. The summed E-state index contributed by atoms with van der Waals surface area (Å²) in [4.78, 5) is 35.9. The fourth-order valence-corrected chi connectivity index (χ4v) is 0.868. The first-order valence-corrected chi connectivity index (χ1v) is 4.70. The van der Waals surface area contributed by atoms with Crippen LogP contribution in [0.1, 0.15) is 5.82 Å². The number of hydrogen-bond donors (Lipinski definition) is 3. The van der Waals surface area contributed by atoms with Gasteiger partial charge >= 0.3 is 12.0 Å². The Bertz CT molecular complexity index is 417. The standard InChI is InChI=1S/C8H10N4O6/c13-6(2-17-3-7(14)15)11-8(16)9-1-5-10-4-18-12-5/h4H,1-3H2,(H,14,15)(H2,9,11,13,16). The second kappa shape index (κ2) is 6.96. The molecule has 1 heterocycles. The zero-order chi connectivity index (χ0) is 13.4. The predicted octanol–water partition coefficient (Wildman–Crippen LogP) is -1.50. The van der Waals surface area contributed by atoms with Gasteiger partial charge in [0.05, 0.1) is 6.54 Å². The van der Waals surface area contributed by atoms with E-state index in [9.17, 15) is 14.4 Å². The fourth-order valence-electron chi connectivity index (χ4n) is 0.868. The third-order valence-corrected chi connectivity index (χ3v) is 1.53. The third kappa shape index (κ3) is 5.55. The maximum absolute atomic E-state index is 11.1. The molecule has 0 aromatic carbocycles. The minimum absolute atomic E-state index is 0.00834. The zero-order valence-electron chi connectivity index (χ0n) is 9.08. The van der Waals surface area contributed by atoms with Gasteiger partial charge in [0, 0.05) is 0 Å². The van der Waals surface area contributed by atoms with Crippen molar-refractivity contribution in [3.05, 3.63) is 12.2 Å². The van der Waals surface area contributed by atoms with Crippen molar-refractivity contribution < 1.29 is 28.8 Å². The van der Waals surface area contributed by atoms with Crippen molar-refractivity contribution in [3.8, 4) is 0 Å². The number of ether oxygens (including phenoxy) is 1. The van der Waals surface area contributed by atoms with E-state index in [0.717, 1.165) is 6.39 Å². The van der Waals surface area contributed by atoms with E-state index in [4.69, 9.17) is 5.11 Å². The first-order valence-electron chi connectivity index (χ1n) is 4.70. The van der Waals surface area contributed by atoms with Gasteiger partial charge in [-0.25, -0.2) is 9.59 Å². The minimum Gasteiger partial charge on any atom is -0.480 e. The quantitative estimate of drug-likeness (QED) is 0.559. The highest BCUT2D eigenvalue weighted by molar-refractivity contribution is 5.94. The molecule has 1 rings (SSSR count). The van der Waals surface area contributed by atoms with E-state index in [1.54, 1.807) is 0 Å². The lowest BCUT2D eigenvalue weighted by atomic mass is 10.6. The van der Waals surface area contributed by atoms with Crippen molar-refractivity contribution in [1.29, 1.82) is 0 Å². The fraction of sp³-hybridized carbons (Fsp3) is 0.375. The summed E-state index contributed by atoms with van der Waals surface area (Å²) in [7, 11) is 0. The molecule has 0 aliphatic carbocycles. The van der Waals surface area contributed by atoms with Crippen molar-refractivity contribution in [3.63, 3.8) is 0 Å². The smallest absolute Gasteiger partial charge is 0.329 e. The summed E-state index contributed by atoms with van der Waals surface area (Å²) in [6.07, 6.45) is 1.10. The summed E-state index contributed by atoms with van der Waals surface area (Å²) in [5.41, 5.74) is 0. The maximum Gasteiger partial charge on any atom is 0.329 e. The Morgan fingerprint density at radius 2 is 2.17 bits per heavy atom. The van der Waals surface area contributed by atoms with Crippen LogP contribution in [0.15, 0.2) is 10.9 Å². The van der Waals surface area contributed by atoms with E-state index >= 15 is 0 Å². The number of urea groups is 1. The molecule has 98 valence electrons. The van der Waals surface area contributed by atoms with Crippen LogP contribution in [-0.2, 0) is 20.9 Å². The molecule has 3 N–H and O–H groups in total. The topological polar surface area (TPSA) is 144 Å². The van der Waals surface area contributed by atoms with Gasteiger partial charge in [-0.05, 0) is 0 Å². The van der Waals surface area contributed by atoms with Crippen LogP contribution in [0.25, 0.3) is 0 Å². The van der Waals surface area contributed by atoms with Gasteiger partial charge in [-0.2, -0.15) is 4.98 Å². The van der Waals surface area contributed by atoms with Gasteiger partial charge < -0.3 is 19.7 Å². The van der Waals surface area contributed by atoms with Crippen LogP contribution in [0.5, 0.6) is 0 Å². The lowest BCUT2D eigenvalue weighted by molar-refractivity contribution is -0.143. The summed E-state index contributed by atoms with van der Waals surface area (Å²) in [6, 6.07) is -0.774. The van der Waals surface area contributed by atoms with Gasteiger partial charge in [0.15, 0.2) is 5.82 Å². The molecule has 1 aromatic heterocycles. The molecule has 18 heavy (non-hydrogen) atoms. The van der Waals surface area contributed by atoms with Crippen LogP contribution in [0.4, 0.5) is 4.79 Å². The molecule has 0 unspecified atom stereocenters. The normalized spacial score (nSPS) is 9.78. The molecule has 0 aliphatic heterocycles. The Morgan fingerprint density at radius 3 is 2.78 bits per heavy atom. The SMILES string of the molecule is O=C(O)COCC(=O)NC(=O)NCc1ncon1. The van der Waals surface area contributed by atoms with Crippen molar-refractivity contribution in [2.24, 2.45) is 0 Å². The van der Waals surface area contributed by atoms with Gasteiger partial charge in [-0.1, -0.05) is 5.16 Å². The Morgan fingerprint density at radius 1 is 1.39 bits per heavy atom. The highest BCUT2D eigenvalue weighted by Gasteiger charge is 2.09. The van der Waals surface area contributed by atoms with Crippen molar-refractivity contribution in [2.45, 2.75) is 6.54 Å². The van der Waals surface area contributed by atoms with Gasteiger partial charge in [0.2, 0.25) is 6.39 Å². The minimum atomic E-state index is -1.20. The number of aliphatic carboxylic acids is 1. The second-order valence-corrected chi connectivity index (χ2v) is 2.96. The van der Waals surface area contributed by atoms with Gasteiger partial charge in [-0.3, -0.25) is 10.1 Å². The molecule has 1 aromatic rings. The average molecular weight is 258 g/mol. The third-order valence-electron chi connectivity index (χ3n) is 1.53. The van der Waals surface area contributed by atoms with Crippen LogP contribution < -0.4 is 10.6 Å². The molecule has 0 aliphatic rings. The molecular formula is C8H10N4O6. The van der Waals surface area contributed by atoms with E-state index in [1.807, 2.05) is 5.32 Å². The molecule has 0 fully saturated rings. The summed E-state index contributed by atoms with van der Waals surface area (Å²) >= 11 is 0. The zero-order valence-corrected chi connectivity index (χ0v) is 9.08. The summed E-state index contributed by atoms with van der Waals surface area (Å²) < 4.78 is 8.90. The Balaban J connectivity index is 2.15. The molecule has 0 saturated heterocycles. The number of amides is 3. The number of nitrogens with one attached hydrogen (secondary N) is 2. The average Bonchev–Trinajstić information content (AvgIpc) is 2.78. The number of carbonyl (C=O) groups excluding carboxylic acids is 2. The predicted molar refractivity (Wildman–Crippen MR) is 53.1 cm³/mol. The molecule has 0 spiro atoms. The largest absolute Gasteiger partial charge is 0.480 e. The van der Waals surface area contributed by atoms with Crippen molar-refractivity contribution in [2.75, 3.05) is 13.2 Å². The van der Waals surface area contributed by atoms with E-state index < -0.39 is 31.1 Å². The van der Waals surface area contributed by atoms with E-state index in [-0.39, 0.29) is 12.4 Å². The second-order valence-electron chi connectivity index (χ2n) is 2.96. The molecule has 0 saturated carbocycles. The summed E-state index contributed by atoms with van der Waals surface area (Å²) in [5, 5.41) is 15.9. The summed E-state index contributed by atoms with van der Waals surface area (Å²) in [5.74, 6) is -1.72. The lowest BCUT2D eigenvalue weighted by Crippen LogP contribution is -2.41. The van der Waals surface area contributed by atoms with E-state index in [1.165, 1.54) is 0 Å². The number of imide groups is 1. The number of hydrogen-bond acceptors (Lipinski definition) is 7. The van der Waals surface area contributed by atoms with E-state index in [0.29, 0.717) is 0 Å². The van der Waals surface area contributed by atoms with Crippen LogP contribution in [-0.4, -0.2) is 46.4 Å². The van der Waals surface area contributed by atoms with Crippen LogP contribution in [0.3, 0.4) is 0 Å². The summed E-state index contributed by atoms with van der Waals surface area (Å²) in [6.45, 7) is -1.15.